The maximum Gasteiger partial charge on any atom is 0.255 e. The van der Waals surface area contributed by atoms with Crippen molar-refractivity contribution in [3.8, 4) is 0 Å². The molecule has 116 valence electrons. The van der Waals surface area contributed by atoms with Crippen LogP contribution in [0.1, 0.15) is 36.0 Å². The summed E-state index contributed by atoms with van der Waals surface area (Å²) < 4.78 is 1.73. The number of aliphatic hydroxyl groups is 1. The van der Waals surface area contributed by atoms with Crippen molar-refractivity contribution >= 4 is 17.1 Å². The van der Waals surface area contributed by atoms with E-state index < -0.39 is 5.54 Å². The highest BCUT2D eigenvalue weighted by Crippen LogP contribution is 2.35. The van der Waals surface area contributed by atoms with E-state index in [1.54, 1.807) is 10.7 Å². The average molecular weight is 300 g/mol. The van der Waals surface area contributed by atoms with Gasteiger partial charge in [-0.3, -0.25) is 4.79 Å². The summed E-state index contributed by atoms with van der Waals surface area (Å²) in [6.07, 6.45) is 7.62. The van der Waals surface area contributed by atoms with Crippen LogP contribution < -0.4 is 10.2 Å². The largest absolute Gasteiger partial charge is 0.394 e. The van der Waals surface area contributed by atoms with E-state index in [2.05, 4.69) is 15.3 Å². The molecule has 22 heavy (non-hydrogen) atoms. The van der Waals surface area contributed by atoms with Crippen LogP contribution in [0.15, 0.2) is 24.5 Å². The van der Waals surface area contributed by atoms with Gasteiger partial charge >= 0.3 is 0 Å². The first-order chi connectivity index (χ1) is 10.7. The zero-order chi connectivity index (χ0) is 15.2. The lowest BCUT2D eigenvalue weighted by Gasteiger charge is -2.18. The number of amides is 1. The minimum absolute atomic E-state index is 0.00300. The van der Waals surface area contributed by atoms with E-state index in [1.807, 2.05) is 18.3 Å². The van der Waals surface area contributed by atoms with E-state index in [4.69, 9.17) is 0 Å². The highest BCUT2D eigenvalue weighted by atomic mass is 16.3. The summed E-state index contributed by atoms with van der Waals surface area (Å²) in [5.41, 5.74) is 2.12. The Morgan fingerprint density at radius 1 is 1.36 bits per heavy atom. The molecule has 0 atom stereocenters. The highest BCUT2D eigenvalue weighted by Gasteiger charge is 2.43. The molecule has 0 bridgehead atoms. The van der Waals surface area contributed by atoms with Crippen molar-refractivity contribution in [1.82, 2.24) is 14.9 Å². The summed E-state index contributed by atoms with van der Waals surface area (Å²) in [5, 5.41) is 16.6. The number of nitrogens with one attached hydrogen (secondary N) is 1. The van der Waals surface area contributed by atoms with E-state index in [1.165, 1.54) is 12.8 Å². The molecule has 6 heteroatoms. The highest BCUT2D eigenvalue weighted by molar-refractivity contribution is 6.01. The lowest BCUT2D eigenvalue weighted by Crippen LogP contribution is -2.39. The quantitative estimate of drug-likeness (QED) is 0.890. The Morgan fingerprint density at radius 3 is 2.82 bits per heavy atom. The van der Waals surface area contributed by atoms with Crippen LogP contribution >= 0.6 is 0 Å². The molecule has 1 aliphatic heterocycles. The number of rotatable bonds is 4. The molecule has 0 radical (unpaired) electrons. The number of carbonyl (C=O) groups excluding carboxylic acids is 1. The molecule has 4 rings (SSSR count). The number of aliphatic hydroxyl groups excluding tert-OH is 1. The fraction of sp³-hybridized carbons (Fsp3) is 0.500. The number of carbonyl (C=O) groups is 1. The molecule has 2 aromatic rings. The maximum absolute atomic E-state index is 12.5. The van der Waals surface area contributed by atoms with Crippen molar-refractivity contribution in [3.63, 3.8) is 0 Å². The average Bonchev–Trinajstić information content (AvgIpc) is 2.96. The van der Waals surface area contributed by atoms with Crippen molar-refractivity contribution in [1.29, 1.82) is 0 Å². The molecule has 2 N–H and O–H groups in total. The van der Waals surface area contributed by atoms with Crippen LogP contribution in [0, 0.1) is 0 Å². The summed E-state index contributed by atoms with van der Waals surface area (Å²) in [4.78, 5) is 14.8. The van der Waals surface area contributed by atoms with Crippen molar-refractivity contribution in [2.45, 2.75) is 31.2 Å². The first-order valence-corrected chi connectivity index (χ1v) is 7.87. The molecule has 0 spiro atoms. The lowest BCUT2D eigenvalue weighted by atomic mass is 10.2. The van der Waals surface area contributed by atoms with E-state index in [0.717, 1.165) is 37.1 Å². The fourth-order valence-corrected chi connectivity index (χ4v) is 3.10. The molecule has 2 aliphatic rings. The second-order valence-corrected chi connectivity index (χ2v) is 6.36. The molecular weight excluding hydrogens is 280 g/mol. The Bertz CT molecular complexity index is 714. The zero-order valence-corrected chi connectivity index (χ0v) is 12.5. The second kappa shape index (κ2) is 4.98. The van der Waals surface area contributed by atoms with Gasteiger partial charge in [-0.1, -0.05) is 0 Å². The SMILES string of the molecule is O=C(NC1(CO)CC1)c1cnn2ccc(N3CCCC3)cc12. The predicted molar refractivity (Wildman–Crippen MR) is 83.2 cm³/mol. The maximum atomic E-state index is 12.5. The number of pyridine rings is 1. The number of fused-ring (bicyclic) bond motifs is 1. The number of anilines is 1. The topological polar surface area (TPSA) is 69.9 Å². The van der Waals surface area contributed by atoms with Crippen LogP contribution in [0.5, 0.6) is 0 Å². The molecule has 1 aliphatic carbocycles. The van der Waals surface area contributed by atoms with Gasteiger partial charge in [-0.25, -0.2) is 4.52 Å². The zero-order valence-electron chi connectivity index (χ0n) is 12.5. The summed E-state index contributed by atoms with van der Waals surface area (Å²) >= 11 is 0. The Hall–Kier alpha value is -2.08. The summed E-state index contributed by atoms with van der Waals surface area (Å²) in [6, 6.07) is 4.08. The lowest BCUT2D eigenvalue weighted by molar-refractivity contribution is 0.0908. The van der Waals surface area contributed by atoms with Gasteiger partial charge in [0.1, 0.15) is 0 Å². The van der Waals surface area contributed by atoms with E-state index in [0.29, 0.717) is 5.56 Å². The minimum Gasteiger partial charge on any atom is -0.394 e. The molecule has 1 saturated carbocycles. The fourth-order valence-electron chi connectivity index (χ4n) is 3.10. The van der Waals surface area contributed by atoms with Crippen molar-refractivity contribution in [2.24, 2.45) is 0 Å². The normalized spacial score (nSPS) is 19.6. The molecule has 6 nitrogen and oxygen atoms in total. The van der Waals surface area contributed by atoms with Crippen LogP contribution in [-0.4, -0.2) is 45.9 Å². The monoisotopic (exact) mass is 300 g/mol. The van der Waals surface area contributed by atoms with E-state index in [9.17, 15) is 9.90 Å². The first kappa shape index (κ1) is 13.6. The van der Waals surface area contributed by atoms with Crippen LogP contribution in [0.2, 0.25) is 0 Å². The molecule has 2 aromatic heterocycles. The predicted octanol–water partition coefficient (Wildman–Crippen LogP) is 1.19. The summed E-state index contributed by atoms with van der Waals surface area (Å²) in [6.45, 7) is 2.13. The Labute approximate surface area is 128 Å². The number of hydrogen-bond donors (Lipinski definition) is 2. The van der Waals surface area contributed by atoms with E-state index >= 15 is 0 Å². The van der Waals surface area contributed by atoms with Gasteiger partial charge in [0.25, 0.3) is 5.91 Å². The molecule has 1 saturated heterocycles. The van der Waals surface area contributed by atoms with Crippen LogP contribution in [-0.2, 0) is 0 Å². The molecular formula is C16H20N4O2. The minimum atomic E-state index is -0.405. The van der Waals surface area contributed by atoms with Crippen molar-refractivity contribution < 1.29 is 9.90 Å². The Morgan fingerprint density at radius 2 is 2.14 bits per heavy atom. The van der Waals surface area contributed by atoms with Crippen LogP contribution in [0.25, 0.3) is 5.52 Å². The smallest absolute Gasteiger partial charge is 0.255 e. The van der Waals surface area contributed by atoms with Gasteiger partial charge in [0, 0.05) is 25.0 Å². The summed E-state index contributed by atoms with van der Waals surface area (Å²) in [7, 11) is 0. The number of aromatic nitrogens is 2. The summed E-state index contributed by atoms with van der Waals surface area (Å²) in [5.74, 6) is -0.153. The van der Waals surface area contributed by atoms with Crippen LogP contribution in [0.3, 0.4) is 0 Å². The molecule has 2 fully saturated rings. The first-order valence-electron chi connectivity index (χ1n) is 7.87. The van der Waals surface area contributed by atoms with Crippen LogP contribution in [0.4, 0.5) is 5.69 Å². The number of hydrogen-bond acceptors (Lipinski definition) is 4. The Kier molecular flexibility index (Phi) is 3.07. The van der Waals surface area contributed by atoms with Gasteiger partial charge in [-0.2, -0.15) is 5.10 Å². The third-order valence-electron chi connectivity index (χ3n) is 4.76. The van der Waals surface area contributed by atoms with Gasteiger partial charge in [-0.05, 0) is 37.8 Å². The number of nitrogens with zero attached hydrogens (tertiary/aromatic N) is 3. The third kappa shape index (κ3) is 2.23. The molecule has 3 heterocycles. The van der Waals surface area contributed by atoms with Gasteiger partial charge in [0.15, 0.2) is 0 Å². The Balaban J connectivity index is 1.65. The van der Waals surface area contributed by atoms with Gasteiger partial charge < -0.3 is 15.3 Å². The van der Waals surface area contributed by atoms with Crippen molar-refractivity contribution in [3.05, 3.63) is 30.1 Å². The molecule has 0 aromatic carbocycles. The standard InChI is InChI=1S/C16H20N4O2/c21-11-16(4-5-16)18-15(22)13-10-17-20-8-3-12(9-14(13)20)19-6-1-2-7-19/h3,8-10,21H,1-2,4-7,11H2,(H,18,22). The van der Waals surface area contributed by atoms with Gasteiger partial charge in [0.2, 0.25) is 0 Å². The third-order valence-corrected chi connectivity index (χ3v) is 4.76. The van der Waals surface area contributed by atoms with Crippen molar-refractivity contribution in [2.75, 3.05) is 24.6 Å². The van der Waals surface area contributed by atoms with Gasteiger partial charge in [-0.15, -0.1) is 0 Å². The molecule has 1 amide bonds. The second-order valence-electron chi connectivity index (χ2n) is 6.36. The van der Waals surface area contributed by atoms with Gasteiger partial charge in [0.05, 0.1) is 29.4 Å². The molecule has 0 unspecified atom stereocenters. The van der Waals surface area contributed by atoms with E-state index in [-0.39, 0.29) is 12.5 Å².